The van der Waals surface area contributed by atoms with E-state index >= 15 is 0 Å². The quantitative estimate of drug-likeness (QED) is 0.843. The van der Waals surface area contributed by atoms with Gasteiger partial charge in [0, 0.05) is 32.9 Å². The van der Waals surface area contributed by atoms with E-state index in [4.69, 9.17) is 0 Å². The van der Waals surface area contributed by atoms with Gasteiger partial charge in [-0.3, -0.25) is 14.3 Å². The predicted molar refractivity (Wildman–Crippen MR) is 87.5 cm³/mol. The average Bonchev–Trinajstić information content (AvgIpc) is 3.30. The van der Waals surface area contributed by atoms with Gasteiger partial charge in [-0.05, 0) is 24.3 Å². The van der Waals surface area contributed by atoms with Crippen molar-refractivity contribution in [2.75, 3.05) is 24.5 Å². The number of hydrogen-bond acceptors (Lipinski definition) is 4. The molecule has 2 aliphatic heterocycles. The second-order valence-electron chi connectivity index (χ2n) is 6.31. The van der Waals surface area contributed by atoms with Crippen LogP contribution in [0, 0.1) is 5.41 Å². The Bertz CT molecular complexity index is 754. The van der Waals surface area contributed by atoms with Crippen LogP contribution in [0.3, 0.4) is 0 Å². The largest absolute Gasteiger partial charge is 0.337 e. The number of anilines is 1. The van der Waals surface area contributed by atoms with Gasteiger partial charge < -0.3 is 9.80 Å². The molecule has 4 heterocycles. The molecule has 0 aliphatic carbocycles. The predicted octanol–water partition coefficient (Wildman–Crippen LogP) is 1.75. The molecule has 7 heteroatoms. The molecule has 2 amide bonds. The molecule has 2 fully saturated rings. The first-order valence-corrected chi connectivity index (χ1v) is 8.60. The third-order valence-electron chi connectivity index (χ3n) is 4.89. The minimum absolute atomic E-state index is 0.0458. The maximum atomic E-state index is 12.9. The van der Waals surface area contributed by atoms with Gasteiger partial charge in [0.15, 0.2) is 0 Å². The Balaban J connectivity index is 1.52. The third kappa shape index (κ3) is 2.26. The second kappa shape index (κ2) is 5.19. The molecule has 2 aliphatic rings. The van der Waals surface area contributed by atoms with E-state index in [1.807, 2.05) is 40.6 Å². The van der Waals surface area contributed by atoms with Crippen molar-refractivity contribution in [3.8, 4) is 0 Å². The molecule has 1 atom stereocenters. The summed E-state index contributed by atoms with van der Waals surface area (Å²) in [5, 5.41) is 6.05. The Morgan fingerprint density at radius 2 is 2.17 bits per heavy atom. The Kier molecular flexibility index (Phi) is 3.26. The number of amides is 2. The zero-order chi connectivity index (χ0) is 16.0. The van der Waals surface area contributed by atoms with Gasteiger partial charge in [-0.15, -0.1) is 11.3 Å². The molecule has 0 aromatic carbocycles. The normalized spacial score (nSPS) is 24.1. The van der Waals surface area contributed by atoms with Gasteiger partial charge in [0.05, 0.1) is 22.2 Å². The number of aromatic nitrogens is 2. The fourth-order valence-corrected chi connectivity index (χ4v) is 4.29. The van der Waals surface area contributed by atoms with Crippen LogP contribution in [0.1, 0.15) is 22.5 Å². The molecule has 0 N–H and O–H groups in total. The van der Waals surface area contributed by atoms with Crippen molar-refractivity contribution in [2.24, 2.45) is 12.5 Å². The van der Waals surface area contributed by atoms with E-state index in [9.17, 15) is 9.59 Å². The van der Waals surface area contributed by atoms with Gasteiger partial charge in [0.25, 0.3) is 5.91 Å². The molecule has 0 saturated carbocycles. The topological polar surface area (TPSA) is 58.4 Å². The summed E-state index contributed by atoms with van der Waals surface area (Å²) in [5.74, 6) is 0.177. The third-order valence-corrected chi connectivity index (χ3v) is 5.75. The minimum atomic E-state index is -0.414. The van der Waals surface area contributed by atoms with Crippen LogP contribution in [0.25, 0.3) is 0 Å². The van der Waals surface area contributed by atoms with Crippen LogP contribution in [-0.2, 0) is 11.8 Å². The number of thiophene rings is 1. The Morgan fingerprint density at radius 3 is 2.87 bits per heavy atom. The van der Waals surface area contributed by atoms with Crippen LogP contribution < -0.4 is 4.90 Å². The summed E-state index contributed by atoms with van der Waals surface area (Å²) in [5.41, 5.74) is 0.431. The van der Waals surface area contributed by atoms with Crippen LogP contribution in [0.15, 0.2) is 29.9 Å². The summed E-state index contributed by atoms with van der Waals surface area (Å²) in [7, 11) is 1.84. The van der Waals surface area contributed by atoms with Crippen molar-refractivity contribution in [3.63, 3.8) is 0 Å². The summed E-state index contributed by atoms with van der Waals surface area (Å²) >= 11 is 1.45. The Labute approximate surface area is 138 Å². The summed E-state index contributed by atoms with van der Waals surface area (Å²) in [6, 6.07) is 3.73. The van der Waals surface area contributed by atoms with Crippen molar-refractivity contribution >= 4 is 28.8 Å². The van der Waals surface area contributed by atoms with Gasteiger partial charge in [0.1, 0.15) is 0 Å². The number of rotatable bonds is 2. The van der Waals surface area contributed by atoms with Gasteiger partial charge in [-0.1, -0.05) is 6.07 Å². The molecule has 6 nitrogen and oxygen atoms in total. The number of aryl methyl sites for hydroxylation is 1. The summed E-state index contributed by atoms with van der Waals surface area (Å²) in [4.78, 5) is 29.8. The molecule has 2 aromatic heterocycles. The van der Waals surface area contributed by atoms with Gasteiger partial charge in [-0.2, -0.15) is 5.10 Å². The molecular weight excluding hydrogens is 312 g/mol. The highest BCUT2D eigenvalue weighted by Crippen LogP contribution is 2.42. The van der Waals surface area contributed by atoms with Gasteiger partial charge in [-0.25, -0.2) is 0 Å². The molecule has 1 spiro atoms. The van der Waals surface area contributed by atoms with Gasteiger partial charge >= 0.3 is 0 Å². The van der Waals surface area contributed by atoms with Gasteiger partial charge in [0.2, 0.25) is 5.91 Å². The standard InChI is InChI=1S/C16H18N4O2S/c1-18-10-12(9-17-18)20-7-5-16(15(20)22)4-6-19(11-16)14(21)13-3-2-8-23-13/h2-3,8-10H,4-7,11H2,1H3/t16-/m0/s1. The zero-order valence-electron chi connectivity index (χ0n) is 12.9. The molecule has 4 rings (SSSR count). The van der Waals surface area contributed by atoms with Crippen molar-refractivity contribution in [2.45, 2.75) is 12.8 Å². The molecule has 0 unspecified atom stereocenters. The first-order valence-electron chi connectivity index (χ1n) is 7.72. The van der Waals surface area contributed by atoms with Crippen LogP contribution in [0.2, 0.25) is 0 Å². The Hall–Kier alpha value is -2.15. The van der Waals surface area contributed by atoms with E-state index in [-0.39, 0.29) is 11.8 Å². The molecule has 2 saturated heterocycles. The van der Waals surface area contributed by atoms with E-state index in [0.29, 0.717) is 19.6 Å². The number of carbonyl (C=O) groups excluding carboxylic acids is 2. The molecule has 0 radical (unpaired) electrons. The molecular formula is C16H18N4O2S. The summed E-state index contributed by atoms with van der Waals surface area (Å²) < 4.78 is 1.70. The lowest BCUT2D eigenvalue weighted by Gasteiger charge is -2.23. The smallest absolute Gasteiger partial charge is 0.263 e. The van der Waals surface area contributed by atoms with Crippen molar-refractivity contribution in [1.82, 2.24) is 14.7 Å². The fourth-order valence-electron chi connectivity index (χ4n) is 3.60. The molecule has 2 aromatic rings. The van der Waals surface area contributed by atoms with E-state index in [1.54, 1.807) is 10.9 Å². The highest BCUT2D eigenvalue weighted by atomic mass is 32.1. The first-order chi connectivity index (χ1) is 11.1. The van der Waals surface area contributed by atoms with E-state index < -0.39 is 5.41 Å². The second-order valence-corrected chi connectivity index (χ2v) is 7.26. The lowest BCUT2D eigenvalue weighted by Crippen LogP contribution is -2.38. The minimum Gasteiger partial charge on any atom is -0.337 e. The van der Waals surface area contributed by atoms with Crippen molar-refractivity contribution < 1.29 is 9.59 Å². The van der Waals surface area contributed by atoms with Crippen LogP contribution >= 0.6 is 11.3 Å². The lowest BCUT2D eigenvalue weighted by molar-refractivity contribution is -0.124. The number of carbonyl (C=O) groups is 2. The molecule has 23 heavy (non-hydrogen) atoms. The van der Waals surface area contributed by atoms with E-state index in [0.717, 1.165) is 23.4 Å². The molecule has 0 bridgehead atoms. The number of hydrogen-bond donors (Lipinski definition) is 0. The lowest BCUT2D eigenvalue weighted by atomic mass is 9.85. The van der Waals surface area contributed by atoms with E-state index in [1.165, 1.54) is 11.3 Å². The highest BCUT2D eigenvalue weighted by Gasteiger charge is 2.52. The number of nitrogens with zero attached hydrogens (tertiary/aromatic N) is 4. The number of likely N-dealkylation sites (tertiary alicyclic amines) is 1. The molecule has 120 valence electrons. The highest BCUT2D eigenvalue weighted by molar-refractivity contribution is 7.12. The maximum absolute atomic E-state index is 12.9. The van der Waals surface area contributed by atoms with Crippen LogP contribution in [-0.4, -0.2) is 46.1 Å². The first kappa shape index (κ1) is 14.4. The zero-order valence-corrected chi connectivity index (χ0v) is 13.8. The Morgan fingerprint density at radius 1 is 1.35 bits per heavy atom. The average molecular weight is 330 g/mol. The van der Waals surface area contributed by atoms with Crippen LogP contribution in [0.5, 0.6) is 0 Å². The maximum Gasteiger partial charge on any atom is 0.263 e. The SMILES string of the molecule is Cn1cc(N2CC[C@]3(CCN(C(=O)c4cccs4)C3)C2=O)cn1. The van der Waals surface area contributed by atoms with E-state index in [2.05, 4.69) is 5.10 Å². The summed E-state index contributed by atoms with van der Waals surface area (Å²) in [6.45, 7) is 1.88. The fraction of sp³-hybridized carbons (Fsp3) is 0.438. The van der Waals surface area contributed by atoms with Crippen molar-refractivity contribution in [3.05, 3.63) is 34.8 Å². The summed E-state index contributed by atoms with van der Waals surface area (Å²) in [6.07, 6.45) is 5.13. The van der Waals surface area contributed by atoms with Crippen LogP contribution in [0.4, 0.5) is 5.69 Å². The monoisotopic (exact) mass is 330 g/mol. The van der Waals surface area contributed by atoms with Crippen molar-refractivity contribution in [1.29, 1.82) is 0 Å².